The number of para-hydroxylation sites is 1. The smallest absolute Gasteiger partial charge is 0.253 e. The second-order valence-corrected chi connectivity index (χ2v) is 24.3. The first-order chi connectivity index (χ1) is 39.9. The molecule has 8 heteroatoms. The Morgan fingerprint density at radius 3 is 1.37 bits per heavy atom. The number of benzene rings is 11. The fourth-order valence-corrected chi connectivity index (χ4v) is 14.4. The van der Waals surface area contributed by atoms with E-state index in [9.17, 15) is 0 Å². The molecular weight excluding hydrogens is 1010 g/mol. The van der Waals surface area contributed by atoms with Gasteiger partial charge in [0.25, 0.3) is 13.4 Å². The monoisotopic (exact) mass is 1070 g/mol. The molecule has 0 saturated heterocycles. The van der Waals surface area contributed by atoms with Crippen LogP contribution in [0, 0.1) is 55.4 Å². The Kier molecular flexibility index (Phi) is 11.7. The first-order valence-electron chi connectivity index (χ1n) is 28.6. The topological polar surface area (TPSA) is 22.2 Å². The maximum Gasteiger partial charge on any atom is 0.253 e. The summed E-state index contributed by atoms with van der Waals surface area (Å²) >= 11 is 1.88. The number of rotatable bonds is 8. The molecule has 0 N–H and O–H groups in total. The first-order valence-corrected chi connectivity index (χ1v) is 29.4. The van der Waals surface area contributed by atoms with E-state index in [1.807, 2.05) is 11.8 Å². The molecule has 15 rings (SSSR count). The van der Waals surface area contributed by atoms with Gasteiger partial charge in [0.15, 0.2) is 0 Å². The Morgan fingerprint density at radius 1 is 0.317 bits per heavy atom. The summed E-state index contributed by atoms with van der Waals surface area (Å²) < 4.78 is 7.18. The van der Waals surface area contributed by atoms with Crippen molar-refractivity contribution in [2.24, 2.45) is 0 Å². The lowest BCUT2D eigenvalue weighted by Gasteiger charge is -2.46. The van der Waals surface area contributed by atoms with E-state index >= 15 is 0 Å². The number of aryl methyl sites for hydroxylation is 8. The molecule has 0 amide bonds. The van der Waals surface area contributed by atoms with E-state index in [2.05, 4.69) is 293 Å². The van der Waals surface area contributed by atoms with Gasteiger partial charge in [0.1, 0.15) is 11.5 Å². The highest BCUT2D eigenvalue weighted by Crippen LogP contribution is 2.51. The van der Waals surface area contributed by atoms with Gasteiger partial charge in [-0.15, -0.1) is 0 Å². The van der Waals surface area contributed by atoms with Crippen molar-refractivity contribution in [2.75, 3.05) is 19.6 Å². The summed E-state index contributed by atoms with van der Waals surface area (Å²) in [5, 5.41) is 0. The molecule has 0 aromatic heterocycles. The molecule has 0 bridgehead atoms. The Balaban J connectivity index is 1.02. The van der Waals surface area contributed by atoms with Crippen molar-refractivity contribution in [2.45, 2.75) is 65.2 Å². The molecule has 4 aliphatic heterocycles. The second-order valence-electron chi connectivity index (χ2n) is 23.2. The van der Waals surface area contributed by atoms with Crippen molar-refractivity contribution in [1.82, 2.24) is 0 Å². The third-order valence-electron chi connectivity index (χ3n) is 17.3. The van der Waals surface area contributed by atoms with Gasteiger partial charge in [0, 0.05) is 72.7 Å². The highest BCUT2D eigenvalue weighted by Gasteiger charge is 2.47. The largest absolute Gasteiger partial charge is 0.458 e. The van der Waals surface area contributed by atoms with Crippen molar-refractivity contribution in [3.05, 3.63) is 263 Å². The lowest BCUT2D eigenvalue weighted by Crippen LogP contribution is -2.64. The standard InChI is InChI=1S/C74H60B2N4OS/c1-45-13-25-53(26-14-45)77(54-27-15-46(2)16-28-54)58-39-67-73-68(40-58)80(64-12-10-9-11-52(64)8)66-44-71-63(43-61(66)75(73)60-37-50(6)23-35-65(60)79(67)57-33-21-49(5)22-34-57)76-62-38-51(7)24-36-69(62)81-70-41-59(42-72(82-71)74(70)76)78(55-29-17-47(3)18-30-55)56-31-19-48(4)20-32-56/h9-44H,1-8H3. The average Bonchev–Trinajstić information content (AvgIpc) is 1.40. The normalized spacial score (nSPS) is 13.1. The average molecular weight is 1080 g/mol. The van der Waals surface area contributed by atoms with Gasteiger partial charge in [-0.2, -0.15) is 0 Å². The van der Waals surface area contributed by atoms with Crippen LogP contribution in [0.5, 0.6) is 11.5 Å². The lowest BCUT2D eigenvalue weighted by atomic mass is 9.31. The van der Waals surface area contributed by atoms with Gasteiger partial charge in [-0.25, -0.2) is 0 Å². The number of hydrogen-bond donors (Lipinski definition) is 0. The highest BCUT2D eigenvalue weighted by atomic mass is 32.2. The maximum atomic E-state index is 7.18. The first kappa shape index (κ1) is 49.9. The molecule has 0 fully saturated rings. The molecule has 4 heterocycles. The number of hydrogen-bond acceptors (Lipinski definition) is 6. The van der Waals surface area contributed by atoms with Gasteiger partial charge in [0.2, 0.25) is 0 Å². The van der Waals surface area contributed by atoms with E-state index in [0.717, 1.165) is 68.4 Å². The van der Waals surface area contributed by atoms with Crippen LogP contribution in [-0.2, 0) is 0 Å². The molecule has 0 atom stereocenters. The van der Waals surface area contributed by atoms with Crippen LogP contribution >= 0.6 is 11.8 Å². The van der Waals surface area contributed by atoms with Crippen molar-refractivity contribution >= 4 is 126 Å². The Morgan fingerprint density at radius 2 is 0.793 bits per heavy atom. The minimum atomic E-state index is -0.106. The molecule has 82 heavy (non-hydrogen) atoms. The minimum absolute atomic E-state index is 0.0752. The van der Waals surface area contributed by atoms with Crippen molar-refractivity contribution < 1.29 is 4.74 Å². The SMILES string of the molecule is Cc1ccc(N(c2ccc(C)cc2)c2cc3c4c(c2)Sc2cc5c(cc2B4c2cc(C)ccc2O3)B2c3cc(C)ccc3N(c3ccc(C)cc3)c3cc(N(c4ccc(C)cc4)c4ccc(C)cc4)cc(c32)N5c2ccccc2C)cc1. The Labute approximate surface area is 487 Å². The maximum absolute atomic E-state index is 7.18. The molecule has 0 saturated carbocycles. The van der Waals surface area contributed by atoms with Gasteiger partial charge in [0.05, 0.1) is 11.4 Å². The summed E-state index contributed by atoms with van der Waals surface area (Å²) in [5.41, 5.74) is 30.9. The summed E-state index contributed by atoms with van der Waals surface area (Å²) in [5.74, 6) is 1.80. The van der Waals surface area contributed by atoms with E-state index in [1.165, 1.54) is 98.5 Å². The van der Waals surface area contributed by atoms with E-state index < -0.39 is 0 Å². The van der Waals surface area contributed by atoms with Crippen LogP contribution in [0.1, 0.15) is 44.5 Å². The van der Waals surface area contributed by atoms with Crippen molar-refractivity contribution in [1.29, 1.82) is 0 Å². The zero-order valence-corrected chi connectivity index (χ0v) is 48.4. The second kappa shape index (κ2) is 19.3. The number of nitrogens with zero attached hydrogens (tertiary/aromatic N) is 4. The molecule has 0 unspecified atom stereocenters. The van der Waals surface area contributed by atoms with Crippen molar-refractivity contribution in [3.8, 4) is 11.5 Å². The van der Waals surface area contributed by atoms with Gasteiger partial charge >= 0.3 is 0 Å². The number of ether oxygens (including phenoxy) is 1. The van der Waals surface area contributed by atoms with Crippen LogP contribution in [0.2, 0.25) is 0 Å². The number of fused-ring (bicyclic) bond motifs is 8. The number of anilines is 12. The van der Waals surface area contributed by atoms with Gasteiger partial charge < -0.3 is 24.3 Å². The zero-order chi connectivity index (χ0) is 55.7. The quantitative estimate of drug-likeness (QED) is 0.140. The van der Waals surface area contributed by atoms with Crippen LogP contribution in [0.3, 0.4) is 0 Å². The van der Waals surface area contributed by atoms with Crippen LogP contribution < -0.4 is 57.1 Å². The molecular formula is C74H60B2N4OS. The third-order valence-corrected chi connectivity index (χ3v) is 18.4. The molecule has 394 valence electrons. The third kappa shape index (κ3) is 8.17. The van der Waals surface area contributed by atoms with E-state index in [1.54, 1.807) is 0 Å². The Bertz CT molecular complexity index is 4300. The minimum Gasteiger partial charge on any atom is -0.458 e. The highest BCUT2D eigenvalue weighted by molar-refractivity contribution is 8.00. The van der Waals surface area contributed by atoms with Crippen molar-refractivity contribution in [3.63, 3.8) is 0 Å². The molecule has 4 aliphatic rings. The predicted molar refractivity (Wildman–Crippen MR) is 349 cm³/mol. The molecule has 0 radical (unpaired) electrons. The van der Waals surface area contributed by atoms with Gasteiger partial charge in [-0.05, 0) is 191 Å². The lowest BCUT2D eigenvalue weighted by molar-refractivity contribution is 0.486. The summed E-state index contributed by atoms with van der Waals surface area (Å²) in [6.07, 6.45) is 0. The fraction of sp³-hybridized carbons (Fsp3) is 0.108. The van der Waals surface area contributed by atoms with Gasteiger partial charge in [-0.1, -0.05) is 165 Å². The molecule has 11 aromatic rings. The predicted octanol–water partition coefficient (Wildman–Crippen LogP) is 16.3. The van der Waals surface area contributed by atoms with E-state index in [0.29, 0.717) is 0 Å². The summed E-state index contributed by atoms with van der Waals surface area (Å²) in [6, 6.07) is 82.5. The van der Waals surface area contributed by atoms with Crippen LogP contribution in [-0.4, -0.2) is 13.4 Å². The molecule has 11 aromatic carbocycles. The van der Waals surface area contributed by atoms with E-state index in [-0.39, 0.29) is 13.4 Å². The zero-order valence-electron chi connectivity index (χ0n) is 47.5. The van der Waals surface area contributed by atoms with Gasteiger partial charge in [-0.3, -0.25) is 0 Å². The Hall–Kier alpha value is -9.10. The van der Waals surface area contributed by atoms with Crippen LogP contribution in [0.15, 0.2) is 228 Å². The summed E-state index contributed by atoms with van der Waals surface area (Å²) in [4.78, 5) is 12.4. The molecule has 0 aliphatic carbocycles. The fourth-order valence-electron chi connectivity index (χ4n) is 13.2. The van der Waals surface area contributed by atoms with Crippen LogP contribution in [0.25, 0.3) is 0 Å². The summed E-state index contributed by atoms with van der Waals surface area (Å²) in [6.45, 7) is 17.4. The summed E-state index contributed by atoms with van der Waals surface area (Å²) in [7, 11) is 0. The van der Waals surface area contributed by atoms with E-state index in [4.69, 9.17) is 4.74 Å². The van der Waals surface area contributed by atoms with Crippen LogP contribution in [0.4, 0.5) is 68.2 Å². The molecule has 0 spiro atoms. The molecule has 5 nitrogen and oxygen atoms in total.